The van der Waals surface area contributed by atoms with Crippen LogP contribution in [0.1, 0.15) is 51.3 Å². The van der Waals surface area contributed by atoms with Gasteiger partial charge in [0.2, 0.25) is 0 Å². The molecule has 0 N–H and O–H groups in total. The van der Waals surface area contributed by atoms with Crippen molar-refractivity contribution >= 4 is 0 Å². The summed E-state index contributed by atoms with van der Waals surface area (Å²) in [5, 5.41) is 13.3. The minimum atomic E-state index is 0.465. The van der Waals surface area contributed by atoms with Gasteiger partial charge in [-0.15, -0.1) is 0 Å². The van der Waals surface area contributed by atoms with Crippen molar-refractivity contribution in [3.8, 4) is 6.07 Å². The number of nitriles is 1. The molecule has 1 saturated carbocycles. The number of hydrogen-bond acceptors (Lipinski definition) is 3. The highest BCUT2D eigenvalue weighted by Crippen LogP contribution is 2.28. The minimum absolute atomic E-state index is 0.465. The summed E-state index contributed by atoms with van der Waals surface area (Å²) in [7, 11) is 0. The highest BCUT2D eigenvalue weighted by Gasteiger charge is 2.28. The third-order valence-electron chi connectivity index (χ3n) is 3.65. The SMILES string of the molecule is CCC(C)n1ccc(CN(CCC#N)C2CC2)n1. The van der Waals surface area contributed by atoms with Crippen molar-refractivity contribution in [1.29, 1.82) is 5.26 Å². The molecule has 1 fully saturated rings. The maximum Gasteiger partial charge on any atom is 0.0765 e. The molecule has 1 atom stereocenters. The molecule has 4 nitrogen and oxygen atoms in total. The predicted molar refractivity (Wildman–Crippen MR) is 70.9 cm³/mol. The molecule has 1 heterocycles. The molecular formula is C14H22N4. The summed E-state index contributed by atoms with van der Waals surface area (Å²) in [6, 6.07) is 5.49. The highest BCUT2D eigenvalue weighted by molar-refractivity contribution is 5.01. The van der Waals surface area contributed by atoms with E-state index in [9.17, 15) is 0 Å². The van der Waals surface area contributed by atoms with E-state index >= 15 is 0 Å². The fourth-order valence-electron chi connectivity index (χ4n) is 2.13. The summed E-state index contributed by atoms with van der Waals surface area (Å²) in [6.07, 6.45) is 6.33. The van der Waals surface area contributed by atoms with Crippen LogP contribution in [0.3, 0.4) is 0 Å². The molecule has 0 aromatic carbocycles. The first-order valence-corrected chi connectivity index (χ1v) is 6.89. The van der Waals surface area contributed by atoms with Gasteiger partial charge in [-0.3, -0.25) is 9.58 Å². The highest BCUT2D eigenvalue weighted by atomic mass is 15.3. The van der Waals surface area contributed by atoms with Crippen LogP contribution in [-0.2, 0) is 6.54 Å². The van der Waals surface area contributed by atoms with Crippen molar-refractivity contribution in [1.82, 2.24) is 14.7 Å². The molecule has 1 aliphatic carbocycles. The van der Waals surface area contributed by atoms with Crippen LogP contribution in [0.5, 0.6) is 0 Å². The van der Waals surface area contributed by atoms with Gasteiger partial charge in [0.1, 0.15) is 0 Å². The number of aromatic nitrogens is 2. The van der Waals surface area contributed by atoms with E-state index in [0.29, 0.717) is 18.5 Å². The predicted octanol–water partition coefficient (Wildman–Crippen LogP) is 2.73. The Hall–Kier alpha value is -1.34. The molecule has 1 unspecified atom stereocenters. The maximum absolute atomic E-state index is 8.70. The molecule has 1 aromatic rings. The zero-order valence-electron chi connectivity index (χ0n) is 11.3. The summed E-state index contributed by atoms with van der Waals surface area (Å²) < 4.78 is 2.05. The van der Waals surface area contributed by atoms with Gasteiger partial charge in [-0.05, 0) is 32.3 Å². The summed E-state index contributed by atoms with van der Waals surface area (Å²) in [4.78, 5) is 2.40. The molecule has 2 rings (SSSR count). The smallest absolute Gasteiger partial charge is 0.0765 e. The number of rotatable bonds is 7. The van der Waals surface area contributed by atoms with Gasteiger partial charge in [-0.2, -0.15) is 10.4 Å². The Balaban J connectivity index is 1.94. The van der Waals surface area contributed by atoms with Crippen LogP contribution in [0.25, 0.3) is 0 Å². The summed E-state index contributed by atoms with van der Waals surface area (Å²) >= 11 is 0. The maximum atomic E-state index is 8.70. The third kappa shape index (κ3) is 3.33. The van der Waals surface area contributed by atoms with Crippen molar-refractivity contribution in [3.05, 3.63) is 18.0 Å². The average molecular weight is 246 g/mol. The number of hydrogen-bond donors (Lipinski definition) is 0. The van der Waals surface area contributed by atoms with Crippen molar-refractivity contribution in [2.45, 2.75) is 58.2 Å². The van der Waals surface area contributed by atoms with Crippen LogP contribution in [0, 0.1) is 11.3 Å². The summed E-state index contributed by atoms with van der Waals surface area (Å²) in [6.45, 7) is 6.12. The molecule has 98 valence electrons. The van der Waals surface area contributed by atoms with Crippen LogP contribution < -0.4 is 0 Å². The molecule has 1 aliphatic rings. The molecule has 0 amide bonds. The van der Waals surface area contributed by atoms with Crippen molar-refractivity contribution in [3.63, 3.8) is 0 Å². The molecule has 1 aromatic heterocycles. The minimum Gasteiger partial charge on any atom is -0.293 e. The molecule has 0 bridgehead atoms. The second-order valence-corrected chi connectivity index (χ2v) is 5.15. The van der Waals surface area contributed by atoms with Crippen LogP contribution in [-0.4, -0.2) is 27.3 Å². The number of nitrogens with zero attached hydrogens (tertiary/aromatic N) is 4. The zero-order valence-corrected chi connectivity index (χ0v) is 11.3. The van der Waals surface area contributed by atoms with E-state index in [1.54, 1.807) is 0 Å². The van der Waals surface area contributed by atoms with E-state index < -0.39 is 0 Å². The van der Waals surface area contributed by atoms with Crippen LogP contribution in [0.4, 0.5) is 0 Å². The standard InChI is InChI=1S/C14H22N4/c1-3-12(2)18-10-7-13(16-18)11-17(9-4-8-15)14-5-6-14/h7,10,12,14H,3-6,9,11H2,1-2H3. The van der Waals surface area contributed by atoms with Crippen LogP contribution in [0.15, 0.2) is 12.3 Å². The Morgan fingerprint density at radius 3 is 3.00 bits per heavy atom. The topological polar surface area (TPSA) is 44.9 Å². The van der Waals surface area contributed by atoms with E-state index in [1.807, 2.05) is 4.68 Å². The Labute approximate surface area is 109 Å². The van der Waals surface area contributed by atoms with Gasteiger partial charge in [0.25, 0.3) is 0 Å². The summed E-state index contributed by atoms with van der Waals surface area (Å²) in [5.74, 6) is 0. The molecule has 0 radical (unpaired) electrons. The quantitative estimate of drug-likeness (QED) is 0.743. The van der Waals surface area contributed by atoms with Crippen molar-refractivity contribution in [2.75, 3.05) is 6.54 Å². The van der Waals surface area contributed by atoms with Gasteiger partial charge in [0, 0.05) is 37.8 Å². The largest absolute Gasteiger partial charge is 0.293 e. The lowest BCUT2D eigenvalue weighted by molar-refractivity contribution is 0.256. The Bertz CT molecular complexity index is 414. The van der Waals surface area contributed by atoms with E-state index in [-0.39, 0.29) is 0 Å². The summed E-state index contributed by atoms with van der Waals surface area (Å²) in [5.41, 5.74) is 1.13. The second-order valence-electron chi connectivity index (χ2n) is 5.15. The van der Waals surface area contributed by atoms with Gasteiger partial charge in [-0.1, -0.05) is 6.92 Å². The Morgan fingerprint density at radius 2 is 2.39 bits per heavy atom. The monoisotopic (exact) mass is 246 g/mol. The lowest BCUT2D eigenvalue weighted by Crippen LogP contribution is -2.26. The first kappa shape index (κ1) is 13.1. The van der Waals surface area contributed by atoms with Gasteiger partial charge in [-0.25, -0.2) is 0 Å². The zero-order chi connectivity index (χ0) is 13.0. The average Bonchev–Trinajstić information content (AvgIpc) is 3.13. The Kier molecular flexibility index (Phi) is 4.38. The lowest BCUT2D eigenvalue weighted by Gasteiger charge is -2.19. The first-order chi connectivity index (χ1) is 8.74. The molecule has 0 spiro atoms. The normalized spacial score (nSPS) is 16.8. The van der Waals surface area contributed by atoms with E-state index in [0.717, 1.165) is 25.2 Å². The van der Waals surface area contributed by atoms with Crippen molar-refractivity contribution in [2.24, 2.45) is 0 Å². The molecule has 18 heavy (non-hydrogen) atoms. The van der Waals surface area contributed by atoms with Gasteiger partial charge in [0.05, 0.1) is 11.8 Å². The van der Waals surface area contributed by atoms with Crippen molar-refractivity contribution < 1.29 is 0 Å². The van der Waals surface area contributed by atoms with Gasteiger partial charge in [0.15, 0.2) is 0 Å². The lowest BCUT2D eigenvalue weighted by atomic mass is 10.3. The fraction of sp³-hybridized carbons (Fsp3) is 0.714. The van der Waals surface area contributed by atoms with Gasteiger partial charge >= 0.3 is 0 Å². The van der Waals surface area contributed by atoms with E-state index in [1.165, 1.54) is 12.8 Å². The van der Waals surface area contributed by atoms with Crippen LogP contribution >= 0.6 is 0 Å². The Morgan fingerprint density at radius 1 is 1.61 bits per heavy atom. The third-order valence-corrected chi connectivity index (χ3v) is 3.65. The second kappa shape index (κ2) is 6.01. The molecule has 0 aliphatic heterocycles. The van der Waals surface area contributed by atoms with Crippen LogP contribution in [0.2, 0.25) is 0 Å². The van der Waals surface area contributed by atoms with E-state index in [4.69, 9.17) is 5.26 Å². The van der Waals surface area contributed by atoms with E-state index in [2.05, 4.69) is 42.2 Å². The van der Waals surface area contributed by atoms with Gasteiger partial charge < -0.3 is 0 Å². The fourth-order valence-corrected chi connectivity index (χ4v) is 2.13. The molecule has 0 saturated heterocycles. The molecular weight excluding hydrogens is 224 g/mol. The first-order valence-electron chi connectivity index (χ1n) is 6.89. The molecule has 4 heteroatoms.